The standard InChI is InChI=1S/C18H25ClFN3O2/c1-12-11-23(7-8-25-12)16(17-14(19)3-2-4-15(17)20)10-22-18(24)13-5-6-21-9-13/h2-4,12-13,16,21H,5-11H2,1H3,(H,22,24)/t12-,13-,16+/m1/s1. The Hall–Kier alpha value is -1.21. The van der Waals surface area contributed by atoms with Crippen molar-refractivity contribution in [2.45, 2.75) is 25.5 Å². The summed E-state index contributed by atoms with van der Waals surface area (Å²) in [5, 5.41) is 6.58. The van der Waals surface area contributed by atoms with Gasteiger partial charge in [-0.1, -0.05) is 17.7 Å². The van der Waals surface area contributed by atoms with E-state index in [1.54, 1.807) is 12.1 Å². The Bertz CT molecular complexity index is 590. The van der Waals surface area contributed by atoms with Gasteiger partial charge in [-0.25, -0.2) is 4.39 Å². The Morgan fingerprint density at radius 1 is 1.56 bits per heavy atom. The molecule has 1 amide bonds. The summed E-state index contributed by atoms with van der Waals surface area (Å²) >= 11 is 6.30. The average Bonchev–Trinajstić information content (AvgIpc) is 3.12. The highest BCUT2D eigenvalue weighted by Gasteiger charge is 2.30. The second-order valence-corrected chi connectivity index (χ2v) is 7.17. The lowest BCUT2D eigenvalue weighted by Gasteiger charge is -2.38. The van der Waals surface area contributed by atoms with Gasteiger partial charge in [0.25, 0.3) is 0 Å². The number of benzene rings is 1. The van der Waals surface area contributed by atoms with Gasteiger partial charge in [-0.15, -0.1) is 0 Å². The summed E-state index contributed by atoms with van der Waals surface area (Å²) < 4.78 is 20.1. The summed E-state index contributed by atoms with van der Waals surface area (Å²) in [5.74, 6) is -0.336. The van der Waals surface area contributed by atoms with Crippen LogP contribution in [0.5, 0.6) is 0 Å². The first-order valence-electron chi connectivity index (χ1n) is 8.84. The third-order valence-corrected chi connectivity index (χ3v) is 5.28. The largest absolute Gasteiger partial charge is 0.376 e. The minimum atomic E-state index is -0.339. The number of halogens is 2. The van der Waals surface area contributed by atoms with Gasteiger partial charge in [0.1, 0.15) is 5.82 Å². The van der Waals surface area contributed by atoms with Gasteiger partial charge < -0.3 is 15.4 Å². The summed E-state index contributed by atoms with van der Waals surface area (Å²) in [7, 11) is 0. The number of carbonyl (C=O) groups is 1. The fraction of sp³-hybridized carbons (Fsp3) is 0.611. The highest BCUT2D eigenvalue weighted by molar-refractivity contribution is 6.31. The molecular weight excluding hydrogens is 345 g/mol. The number of nitrogens with zero attached hydrogens (tertiary/aromatic N) is 1. The zero-order chi connectivity index (χ0) is 17.8. The molecule has 1 aromatic carbocycles. The van der Waals surface area contributed by atoms with E-state index >= 15 is 0 Å². The van der Waals surface area contributed by atoms with Crippen LogP contribution in [0.25, 0.3) is 0 Å². The first-order valence-corrected chi connectivity index (χ1v) is 9.22. The van der Waals surface area contributed by atoms with Crippen molar-refractivity contribution in [1.29, 1.82) is 0 Å². The van der Waals surface area contributed by atoms with Crippen LogP contribution in [0.3, 0.4) is 0 Å². The number of carbonyl (C=O) groups excluding carboxylic acids is 1. The van der Waals surface area contributed by atoms with E-state index in [9.17, 15) is 9.18 Å². The highest BCUT2D eigenvalue weighted by Crippen LogP contribution is 2.31. The van der Waals surface area contributed by atoms with E-state index in [0.29, 0.717) is 43.4 Å². The van der Waals surface area contributed by atoms with Crippen molar-refractivity contribution in [3.8, 4) is 0 Å². The van der Waals surface area contributed by atoms with Gasteiger partial charge in [0, 0.05) is 36.8 Å². The van der Waals surface area contributed by atoms with Gasteiger partial charge in [0.2, 0.25) is 5.91 Å². The summed E-state index contributed by atoms with van der Waals surface area (Å²) in [4.78, 5) is 14.5. The average molecular weight is 370 g/mol. The van der Waals surface area contributed by atoms with Gasteiger partial charge in [-0.3, -0.25) is 9.69 Å². The summed E-state index contributed by atoms with van der Waals surface area (Å²) in [6.07, 6.45) is 0.905. The van der Waals surface area contributed by atoms with Crippen molar-refractivity contribution < 1.29 is 13.9 Å². The molecule has 2 aliphatic rings. The molecule has 2 N–H and O–H groups in total. The van der Waals surface area contributed by atoms with E-state index < -0.39 is 0 Å². The summed E-state index contributed by atoms with van der Waals surface area (Å²) in [6, 6.07) is 4.40. The van der Waals surface area contributed by atoms with E-state index in [2.05, 4.69) is 15.5 Å². The molecule has 3 rings (SSSR count). The molecule has 2 heterocycles. The Balaban J connectivity index is 1.77. The molecule has 3 atom stereocenters. The van der Waals surface area contributed by atoms with Gasteiger partial charge in [0.05, 0.1) is 24.7 Å². The first-order chi connectivity index (χ1) is 12.1. The predicted octanol–water partition coefficient (Wildman–Crippen LogP) is 1.97. The molecule has 0 spiro atoms. The fourth-order valence-corrected chi connectivity index (χ4v) is 3.88. The topological polar surface area (TPSA) is 53.6 Å². The minimum absolute atomic E-state index is 0.0136. The molecule has 2 aliphatic heterocycles. The van der Waals surface area contributed by atoms with Crippen LogP contribution in [-0.2, 0) is 9.53 Å². The molecule has 7 heteroatoms. The zero-order valence-corrected chi connectivity index (χ0v) is 15.2. The van der Waals surface area contributed by atoms with E-state index in [4.69, 9.17) is 16.3 Å². The number of hydrogen-bond donors (Lipinski definition) is 2. The molecule has 25 heavy (non-hydrogen) atoms. The number of hydrogen-bond acceptors (Lipinski definition) is 4. The van der Waals surface area contributed by atoms with E-state index in [1.165, 1.54) is 6.07 Å². The monoisotopic (exact) mass is 369 g/mol. The molecule has 2 saturated heterocycles. The third-order valence-electron chi connectivity index (χ3n) is 4.95. The number of nitrogens with one attached hydrogen (secondary N) is 2. The fourth-order valence-electron chi connectivity index (χ4n) is 3.59. The zero-order valence-electron chi connectivity index (χ0n) is 14.4. The second kappa shape index (κ2) is 8.45. The molecule has 0 radical (unpaired) electrons. The maximum absolute atomic E-state index is 14.5. The van der Waals surface area contributed by atoms with Crippen LogP contribution in [0.1, 0.15) is 24.9 Å². The van der Waals surface area contributed by atoms with Gasteiger partial charge in [-0.2, -0.15) is 0 Å². The molecule has 5 nitrogen and oxygen atoms in total. The molecule has 0 aromatic heterocycles. The van der Waals surface area contributed by atoms with Crippen molar-refractivity contribution in [3.63, 3.8) is 0 Å². The number of ether oxygens (including phenoxy) is 1. The Morgan fingerprint density at radius 2 is 2.40 bits per heavy atom. The van der Waals surface area contributed by atoms with Crippen LogP contribution in [0, 0.1) is 11.7 Å². The molecule has 0 aliphatic carbocycles. The SMILES string of the molecule is C[C@@H]1CN([C@@H](CNC(=O)[C@@H]2CCNC2)c2c(F)cccc2Cl)CCO1. The number of morpholine rings is 1. The lowest BCUT2D eigenvalue weighted by molar-refractivity contribution is -0.124. The quantitative estimate of drug-likeness (QED) is 0.833. The second-order valence-electron chi connectivity index (χ2n) is 6.76. The van der Waals surface area contributed by atoms with E-state index in [0.717, 1.165) is 13.0 Å². The lowest BCUT2D eigenvalue weighted by atomic mass is 10.0. The predicted molar refractivity (Wildman–Crippen MR) is 95.1 cm³/mol. The van der Waals surface area contributed by atoms with Crippen LogP contribution in [-0.4, -0.2) is 56.2 Å². The number of amides is 1. The lowest BCUT2D eigenvalue weighted by Crippen LogP contribution is -2.47. The maximum Gasteiger partial charge on any atom is 0.224 e. The van der Waals surface area contributed by atoms with Gasteiger partial charge in [0.15, 0.2) is 0 Å². The Labute approximate surface area is 152 Å². The summed E-state index contributed by atoms with van der Waals surface area (Å²) in [6.45, 7) is 5.84. The minimum Gasteiger partial charge on any atom is -0.376 e. The highest BCUT2D eigenvalue weighted by atomic mass is 35.5. The van der Waals surface area contributed by atoms with Crippen molar-refractivity contribution in [1.82, 2.24) is 15.5 Å². The molecule has 0 saturated carbocycles. The van der Waals surface area contributed by atoms with E-state index in [1.807, 2.05) is 6.92 Å². The normalized spacial score (nSPS) is 25.7. The maximum atomic E-state index is 14.5. The van der Waals surface area contributed by atoms with Crippen LogP contribution < -0.4 is 10.6 Å². The van der Waals surface area contributed by atoms with Crippen LogP contribution >= 0.6 is 11.6 Å². The molecule has 0 bridgehead atoms. The third kappa shape index (κ3) is 4.50. The smallest absolute Gasteiger partial charge is 0.224 e. The Kier molecular flexibility index (Phi) is 6.28. The van der Waals surface area contributed by atoms with Gasteiger partial charge in [-0.05, 0) is 32.0 Å². The Morgan fingerprint density at radius 3 is 3.08 bits per heavy atom. The van der Waals surface area contributed by atoms with Crippen molar-refractivity contribution in [2.24, 2.45) is 5.92 Å². The summed E-state index contributed by atoms with van der Waals surface area (Å²) in [5.41, 5.74) is 0.447. The van der Waals surface area contributed by atoms with E-state index in [-0.39, 0.29) is 29.8 Å². The first kappa shape index (κ1) is 18.6. The van der Waals surface area contributed by atoms with Crippen LogP contribution in [0.15, 0.2) is 18.2 Å². The van der Waals surface area contributed by atoms with Crippen molar-refractivity contribution in [2.75, 3.05) is 39.3 Å². The van der Waals surface area contributed by atoms with Crippen LogP contribution in [0.4, 0.5) is 4.39 Å². The van der Waals surface area contributed by atoms with Crippen LogP contribution in [0.2, 0.25) is 5.02 Å². The van der Waals surface area contributed by atoms with Gasteiger partial charge >= 0.3 is 0 Å². The molecule has 1 aromatic rings. The van der Waals surface area contributed by atoms with Crippen molar-refractivity contribution >= 4 is 17.5 Å². The molecular formula is C18H25ClFN3O2. The molecule has 138 valence electrons. The molecule has 2 fully saturated rings. The number of rotatable bonds is 5. The van der Waals surface area contributed by atoms with Crippen molar-refractivity contribution in [3.05, 3.63) is 34.6 Å². The molecule has 0 unspecified atom stereocenters.